The van der Waals surface area contributed by atoms with Crippen molar-refractivity contribution >= 4 is 84.2 Å². The summed E-state index contributed by atoms with van der Waals surface area (Å²) < 4.78 is 55.9. The Morgan fingerprint density at radius 1 is 0.571 bits per heavy atom. The fraction of sp³-hybridized carbons (Fsp3) is 0.130. The molecule has 5 amide bonds. The Bertz CT molecular complexity index is 3970. The Balaban J connectivity index is 0.000000188. The number of primary amides is 2. The van der Waals surface area contributed by atoms with Crippen LogP contribution in [0.5, 0.6) is 0 Å². The van der Waals surface area contributed by atoms with Crippen molar-refractivity contribution in [3.63, 3.8) is 0 Å². The van der Waals surface area contributed by atoms with Gasteiger partial charge in [-0.2, -0.15) is 10.2 Å². The molecule has 0 atom stereocenters. The molecule has 392 valence electrons. The van der Waals surface area contributed by atoms with Crippen LogP contribution >= 0.6 is 23.2 Å². The summed E-state index contributed by atoms with van der Waals surface area (Å²) in [6.45, 7) is 1.16. The van der Waals surface area contributed by atoms with E-state index in [2.05, 4.69) is 25.6 Å². The number of nitrogens with two attached hydrogens (primary N) is 2. The zero-order chi connectivity index (χ0) is 55.1. The van der Waals surface area contributed by atoms with E-state index in [4.69, 9.17) is 34.7 Å². The van der Waals surface area contributed by atoms with Crippen molar-refractivity contribution in [2.75, 3.05) is 24.7 Å². The molecular formula is C54H46Cl2N10O9S2. The summed E-state index contributed by atoms with van der Waals surface area (Å²) in [4.78, 5) is 62.0. The van der Waals surface area contributed by atoms with E-state index < -0.39 is 37.8 Å². The first-order chi connectivity index (χ1) is 36.7. The van der Waals surface area contributed by atoms with Gasteiger partial charge < -0.3 is 22.1 Å². The molecular weight excluding hydrogens is 1070 g/mol. The molecule has 0 bridgehead atoms. The van der Waals surface area contributed by atoms with Gasteiger partial charge in [0.15, 0.2) is 11.4 Å². The minimum atomic E-state index is -4.02. The summed E-state index contributed by atoms with van der Waals surface area (Å²) in [5.41, 5.74) is 20.5. The number of carbonyl (C=O) groups is 5. The maximum atomic E-state index is 12.9. The number of aromatic nitrogens is 4. The lowest BCUT2D eigenvalue weighted by Crippen LogP contribution is -2.31. The van der Waals surface area contributed by atoms with E-state index in [1.807, 2.05) is 24.3 Å². The zero-order valence-electron chi connectivity index (χ0n) is 41.2. The molecule has 7 N–H and O–H groups in total. The highest BCUT2D eigenvalue weighted by Gasteiger charge is 2.31. The monoisotopic (exact) mass is 1110 g/mol. The smallest absolute Gasteiger partial charge is 0.269 e. The lowest BCUT2D eigenvalue weighted by Gasteiger charge is -2.20. The predicted octanol–water partition coefficient (Wildman–Crippen LogP) is 7.36. The van der Waals surface area contributed by atoms with Crippen molar-refractivity contribution < 1.29 is 40.8 Å². The van der Waals surface area contributed by atoms with E-state index in [1.54, 1.807) is 77.5 Å². The Morgan fingerprint density at radius 3 is 1.35 bits per heavy atom. The van der Waals surface area contributed by atoms with Crippen molar-refractivity contribution in [1.29, 1.82) is 0 Å². The summed E-state index contributed by atoms with van der Waals surface area (Å²) in [7, 11) is -5.12. The normalized spacial score (nSPS) is 12.4. The lowest BCUT2D eigenvalue weighted by molar-refractivity contribution is -0.123. The molecule has 6 aromatic carbocycles. The second-order valence-electron chi connectivity index (χ2n) is 17.7. The van der Waals surface area contributed by atoms with Gasteiger partial charge in [0.2, 0.25) is 15.9 Å². The number of carbonyl (C=O) groups excluding carboxylic acids is 5. The van der Waals surface area contributed by atoms with E-state index in [-0.39, 0.29) is 33.0 Å². The lowest BCUT2D eigenvalue weighted by atomic mass is 9.88. The molecule has 19 nitrogen and oxygen atoms in total. The maximum Gasteiger partial charge on any atom is 0.269 e. The first-order valence-electron chi connectivity index (χ1n) is 23.5. The number of fused-ring (bicyclic) bond motifs is 6. The molecule has 23 heteroatoms. The highest BCUT2D eigenvalue weighted by Crippen LogP contribution is 2.40. The van der Waals surface area contributed by atoms with Crippen LogP contribution < -0.4 is 26.8 Å². The summed E-state index contributed by atoms with van der Waals surface area (Å²) in [6, 6.07) is 36.5. The van der Waals surface area contributed by atoms with Crippen LogP contribution in [0.3, 0.4) is 0 Å². The fourth-order valence-electron chi connectivity index (χ4n) is 9.06. The molecule has 0 unspecified atom stereocenters. The first kappa shape index (κ1) is 53.4. The number of halogens is 2. The number of nitrogens with one attached hydrogen (secondary N) is 3. The Morgan fingerprint density at radius 2 is 0.974 bits per heavy atom. The molecule has 0 spiro atoms. The summed E-state index contributed by atoms with van der Waals surface area (Å²) in [6.07, 6.45) is 2.36. The fourth-order valence-corrected chi connectivity index (χ4v) is 11.4. The van der Waals surface area contributed by atoms with Crippen molar-refractivity contribution in [1.82, 2.24) is 28.6 Å². The number of sulfonamides is 2. The molecule has 0 saturated heterocycles. The van der Waals surface area contributed by atoms with Gasteiger partial charge in [0, 0.05) is 47.6 Å². The minimum absolute atomic E-state index is 0.0740. The molecule has 77 heavy (non-hydrogen) atoms. The second kappa shape index (κ2) is 21.3. The van der Waals surface area contributed by atoms with Gasteiger partial charge in [0.25, 0.3) is 33.7 Å². The van der Waals surface area contributed by atoms with Gasteiger partial charge >= 0.3 is 0 Å². The number of rotatable bonds is 12. The molecule has 0 saturated carbocycles. The second-order valence-corrected chi connectivity index (χ2v) is 22.4. The van der Waals surface area contributed by atoms with Gasteiger partial charge in [-0.05, 0) is 141 Å². The average molecular weight is 1110 g/mol. The number of aryl methyl sites for hydroxylation is 2. The van der Waals surface area contributed by atoms with E-state index in [9.17, 15) is 40.8 Å². The Hall–Kier alpha value is -8.47. The van der Waals surface area contributed by atoms with Crippen molar-refractivity contribution in [2.45, 2.75) is 42.4 Å². The molecule has 10 rings (SSSR count). The molecule has 2 aromatic heterocycles. The Labute approximate surface area is 451 Å². The van der Waals surface area contributed by atoms with E-state index in [0.717, 1.165) is 29.2 Å². The van der Waals surface area contributed by atoms with Crippen molar-refractivity contribution in [3.8, 4) is 33.9 Å². The van der Waals surface area contributed by atoms with Gasteiger partial charge in [-0.3, -0.25) is 24.0 Å². The van der Waals surface area contributed by atoms with Gasteiger partial charge in [-0.15, -0.1) is 0 Å². The largest absolute Gasteiger partial charge is 0.364 e. The zero-order valence-corrected chi connectivity index (χ0v) is 44.3. The van der Waals surface area contributed by atoms with Crippen LogP contribution in [0.2, 0.25) is 10.0 Å². The quantitative estimate of drug-likeness (QED) is 0.0806. The van der Waals surface area contributed by atoms with E-state index in [0.29, 0.717) is 96.4 Å². The third-order valence-electron chi connectivity index (χ3n) is 13.0. The predicted molar refractivity (Wildman–Crippen MR) is 291 cm³/mol. The standard InChI is InChI=1S/C28H24ClN5O5S.C26H22ClN5O4S/c1-16(35)33(2)40(38,39)20-12-10-19(11-13-20)34-26-22(25(32-34)27(30)36)14-8-17-7-9-18(15-23(17)26)31-28(37)21-5-3-4-6-24(21)29;1-29-37(35,36)18-11-9-17(10-12-18)32-24-20(23(31-32)25(28)33)13-7-15-6-8-16(14-21(15)24)30-26(34)19-4-2-3-5-22(19)27/h3-7,9-13,15H,8,14H2,1-2H3,(H2,30,36)(H,31,37);2-6,8-12,14,29H,7,13H2,1H3,(H2,28,33)(H,30,34). The van der Waals surface area contributed by atoms with Crippen LogP contribution in [0.15, 0.2) is 143 Å². The number of benzene rings is 6. The van der Waals surface area contributed by atoms with Crippen LogP contribution in [0, 0.1) is 0 Å². The third kappa shape index (κ3) is 10.5. The van der Waals surface area contributed by atoms with Gasteiger partial charge in [0.05, 0.1) is 53.7 Å². The summed E-state index contributed by atoms with van der Waals surface area (Å²) in [5.74, 6) is -2.69. The minimum Gasteiger partial charge on any atom is -0.364 e. The number of nitrogens with zero attached hydrogens (tertiary/aromatic N) is 5. The third-order valence-corrected chi connectivity index (χ3v) is 17.0. The van der Waals surface area contributed by atoms with E-state index in [1.165, 1.54) is 55.2 Å². The Kier molecular flexibility index (Phi) is 14.7. The van der Waals surface area contributed by atoms with Crippen LogP contribution in [-0.4, -0.2) is 84.3 Å². The van der Waals surface area contributed by atoms with Crippen LogP contribution in [0.4, 0.5) is 11.4 Å². The molecule has 0 fully saturated rings. The van der Waals surface area contributed by atoms with E-state index >= 15 is 0 Å². The topological polar surface area (TPSA) is 281 Å². The van der Waals surface area contributed by atoms with Gasteiger partial charge in [-0.1, -0.05) is 59.6 Å². The molecule has 2 heterocycles. The molecule has 2 aliphatic carbocycles. The van der Waals surface area contributed by atoms with Crippen LogP contribution in [0.1, 0.15) is 70.9 Å². The number of anilines is 2. The molecule has 8 aromatic rings. The van der Waals surface area contributed by atoms with Crippen LogP contribution in [-0.2, 0) is 50.5 Å². The number of hydrogen-bond acceptors (Lipinski definition) is 11. The van der Waals surface area contributed by atoms with Crippen LogP contribution in [0.25, 0.3) is 33.9 Å². The SMILES string of the molecule is CC(=O)N(C)S(=O)(=O)c1ccc(-n2nc(C(N)=O)c3c2-c2cc(NC(=O)c4ccccc4Cl)ccc2CC3)cc1.CNS(=O)(=O)c1ccc(-n2nc(C(N)=O)c3c2-c2cc(NC(=O)c4ccccc4Cl)ccc2CC3)cc1. The highest BCUT2D eigenvalue weighted by molar-refractivity contribution is 7.89. The number of hydrogen-bond donors (Lipinski definition) is 5. The first-order valence-corrected chi connectivity index (χ1v) is 27.2. The maximum absolute atomic E-state index is 12.9. The molecule has 2 aliphatic rings. The van der Waals surface area contributed by atoms with Gasteiger partial charge in [-0.25, -0.2) is 35.2 Å². The average Bonchev–Trinajstić information content (AvgIpc) is 4.04. The molecule has 0 aliphatic heterocycles. The van der Waals surface area contributed by atoms with Gasteiger partial charge in [0.1, 0.15) is 0 Å². The summed E-state index contributed by atoms with van der Waals surface area (Å²) >= 11 is 12.4. The number of amides is 5. The van der Waals surface area contributed by atoms with Crippen molar-refractivity contribution in [2.24, 2.45) is 11.5 Å². The highest BCUT2D eigenvalue weighted by atomic mass is 35.5. The summed E-state index contributed by atoms with van der Waals surface area (Å²) in [5, 5.41) is 15.4. The molecule has 0 radical (unpaired) electrons. The van der Waals surface area contributed by atoms with Crippen molar-refractivity contribution in [3.05, 3.63) is 188 Å².